The van der Waals surface area contributed by atoms with Crippen LogP contribution in [-0.4, -0.2) is 10.9 Å². The quantitative estimate of drug-likeness (QED) is 0.695. The van der Waals surface area contributed by atoms with E-state index in [0.29, 0.717) is 11.6 Å². The number of benzene rings is 2. The highest BCUT2D eigenvalue weighted by Crippen LogP contribution is 2.16. The highest BCUT2D eigenvalue weighted by atomic mass is 35.5. The molecule has 3 rings (SSSR count). The number of carbonyl (C=O) groups excluding carboxylic acids is 1. The number of rotatable bonds is 5. The number of hydrogen-bond donors (Lipinski definition) is 2. The van der Waals surface area contributed by atoms with Gasteiger partial charge in [-0.2, -0.15) is 0 Å². The summed E-state index contributed by atoms with van der Waals surface area (Å²) >= 11 is 5.86. The van der Waals surface area contributed by atoms with Crippen molar-refractivity contribution >= 4 is 28.9 Å². The van der Waals surface area contributed by atoms with Crippen molar-refractivity contribution in [1.29, 1.82) is 0 Å². The summed E-state index contributed by atoms with van der Waals surface area (Å²) < 4.78 is 13.6. The molecule has 25 heavy (non-hydrogen) atoms. The fourth-order valence-corrected chi connectivity index (χ4v) is 2.35. The second-order valence-corrected chi connectivity index (χ2v) is 5.78. The van der Waals surface area contributed by atoms with Crippen LogP contribution in [0.3, 0.4) is 0 Å². The molecule has 0 aliphatic rings. The largest absolute Gasteiger partial charge is 0.381 e. The molecular weight excluding hydrogens is 341 g/mol. The van der Waals surface area contributed by atoms with Gasteiger partial charge in [-0.3, -0.25) is 9.78 Å². The topological polar surface area (TPSA) is 54.0 Å². The van der Waals surface area contributed by atoms with E-state index in [-0.39, 0.29) is 11.4 Å². The number of amides is 1. The lowest BCUT2D eigenvalue weighted by atomic mass is 10.2. The predicted octanol–water partition coefficient (Wildman–Crippen LogP) is 4.74. The first-order valence-corrected chi connectivity index (χ1v) is 8.00. The second kappa shape index (κ2) is 7.77. The maximum Gasteiger partial charge on any atom is 0.274 e. The van der Waals surface area contributed by atoms with Crippen molar-refractivity contribution in [1.82, 2.24) is 4.98 Å². The maximum absolute atomic E-state index is 13.6. The van der Waals surface area contributed by atoms with E-state index in [9.17, 15) is 9.18 Å². The smallest absolute Gasteiger partial charge is 0.274 e. The van der Waals surface area contributed by atoms with Crippen molar-refractivity contribution in [2.45, 2.75) is 6.54 Å². The molecule has 0 aliphatic carbocycles. The highest BCUT2D eigenvalue weighted by Gasteiger charge is 2.10. The van der Waals surface area contributed by atoms with E-state index < -0.39 is 11.7 Å². The van der Waals surface area contributed by atoms with Gasteiger partial charge in [-0.05, 0) is 42.0 Å². The van der Waals surface area contributed by atoms with E-state index >= 15 is 0 Å². The van der Waals surface area contributed by atoms with Crippen LogP contribution < -0.4 is 10.6 Å². The van der Waals surface area contributed by atoms with Gasteiger partial charge in [-0.25, -0.2) is 4.39 Å². The average molecular weight is 356 g/mol. The number of anilines is 2. The molecule has 4 nitrogen and oxygen atoms in total. The molecule has 0 bridgehead atoms. The summed E-state index contributed by atoms with van der Waals surface area (Å²) in [6.07, 6.45) is 1.53. The minimum Gasteiger partial charge on any atom is -0.381 e. The first kappa shape index (κ1) is 16.9. The van der Waals surface area contributed by atoms with E-state index in [4.69, 9.17) is 11.6 Å². The standard InChI is InChI=1S/C19H15ClFN3O/c20-14-7-5-13(6-8-14)12-23-15-9-10-22-18(11-15)19(25)24-17-4-2-1-3-16(17)21/h1-11H,12H2,(H,22,23)(H,24,25). The lowest BCUT2D eigenvalue weighted by molar-refractivity contribution is 0.102. The lowest BCUT2D eigenvalue weighted by Gasteiger charge is -2.09. The van der Waals surface area contributed by atoms with E-state index in [1.807, 2.05) is 24.3 Å². The van der Waals surface area contributed by atoms with Crippen LogP contribution in [0.15, 0.2) is 66.9 Å². The molecule has 0 unspecified atom stereocenters. The summed E-state index contributed by atoms with van der Waals surface area (Å²) in [7, 11) is 0. The van der Waals surface area contributed by atoms with Crippen molar-refractivity contribution in [2.24, 2.45) is 0 Å². The minimum atomic E-state index is -0.493. The van der Waals surface area contributed by atoms with Gasteiger partial charge in [0.1, 0.15) is 11.5 Å². The molecule has 0 fully saturated rings. The van der Waals surface area contributed by atoms with Crippen molar-refractivity contribution < 1.29 is 9.18 Å². The van der Waals surface area contributed by atoms with Gasteiger partial charge in [0.15, 0.2) is 0 Å². The van der Waals surface area contributed by atoms with Crippen LogP contribution in [0.25, 0.3) is 0 Å². The van der Waals surface area contributed by atoms with Gasteiger partial charge in [0.05, 0.1) is 5.69 Å². The third-order valence-corrected chi connectivity index (χ3v) is 3.78. The van der Waals surface area contributed by atoms with E-state index in [0.717, 1.165) is 11.3 Å². The Bertz CT molecular complexity index is 884. The third kappa shape index (κ3) is 4.55. The molecule has 2 N–H and O–H groups in total. The number of halogens is 2. The number of aromatic nitrogens is 1. The number of hydrogen-bond acceptors (Lipinski definition) is 3. The Kier molecular flexibility index (Phi) is 5.26. The zero-order valence-electron chi connectivity index (χ0n) is 13.2. The van der Waals surface area contributed by atoms with Gasteiger partial charge in [0.25, 0.3) is 5.91 Å². The summed E-state index contributed by atoms with van der Waals surface area (Å²) in [6.45, 7) is 0.579. The first-order valence-electron chi connectivity index (χ1n) is 7.62. The molecule has 3 aromatic rings. The van der Waals surface area contributed by atoms with Gasteiger partial charge >= 0.3 is 0 Å². The molecule has 0 saturated heterocycles. The molecule has 1 amide bonds. The van der Waals surface area contributed by atoms with Gasteiger partial charge in [0, 0.05) is 23.5 Å². The molecular formula is C19H15ClFN3O. The van der Waals surface area contributed by atoms with Crippen molar-refractivity contribution in [2.75, 3.05) is 10.6 Å². The van der Waals surface area contributed by atoms with Crippen LogP contribution in [0.1, 0.15) is 16.1 Å². The Morgan fingerprint density at radius 3 is 2.60 bits per heavy atom. The normalized spacial score (nSPS) is 10.3. The molecule has 1 aromatic heterocycles. The van der Waals surface area contributed by atoms with Crippen LogP contribution in [0.4, 0.5) is 15.8 Å². The molecule has 126 valence electrons. The Morgan fingerprint density at radius 2 is 1.84 bits per heavy atom. The summed E-state index contributed by atoms with van der Waals surface area (Å²) in [4.78, 5) is 16.3. The molecule has 0 saturated carbocycles. The number of nitrogens with zero attached hydrogens (tertiary/aromatic N) is 1. The monoisotopic (exact) mass is 355 g/mol. The van der Waals surface area contributed by atoms with Gasteiger partial charge in [0.2, 0.25) is 0 Å². The van der Waals surface area contributed by atoms with Crippen molar-refractivity contribution in [3.63, 3.8) is 0 Å². The van der Waals surface area contributed by atoms with Crippen LogP contribution in [0.2, 0.25) is 5.02 Å². The van der Waals surface area contributed by atoms with Gasteiger partial charge < -0.3 is 10.6 Å². The maximum atomic E-state index is 13.6. The minimum absolute atomic E-state index is 0.119. The fraction of sp³-hybridized carbons (Fsp3) is 0.0526. The van der Waals surface area contributed by atoms with E-state index in [2.05, 4.69) is 15.6 Å². The number of nitrogens with one attached hydrogen (secondary N) is 2. The molecule has 0 atom stereocenters. The zero-order chi connectivity index (χ0) is 17.6. The Balaban J connectivity index is 1.67. The predicted molar refractivity (Wildman–Crippen MR) is 97.4 cm³/mol. The Labute approximate surface area is 149 Å². The molecule has 6 heteroatoms. The highest BCUT2D eigenvalue weighted by molar-refractivity contribution is 6.30. The molecule has 0 aliphatic heterocycles. The first-order chi connectivity index (χ1) is 12.1. The number of para-hydroxylation sites is 1. The van der Waals surface area contributed by atoms with Crippen molar-refractivity contribution in [3.8, 4) is 0 Å². The molecule has 0 spiro atoms. The van der Waals surface area contributed by atoms with Crippen molar-refractivity contribution in [3.05, 3.63) is 89.0 Å². The van der Waals surface area contributed by atoms with E-state index in [1.165, 1.54) is 18.3 Å². The van der Waals surface area contributed by atoms with E-state index in [1.54, 1.807) is 24.3 Å². The Morgan fingerprint density at radius 1 is 1.08 bits per heavy atom. The lowest BCUT2D eigenvalue weighted by Crippen LogP contribution is -2.15. The molecule has 1 heterocycles. The number of pyridine rings is 1. The Hall–Kier alpha value is -2.92. The second-order valence-electron chi connectivity index (χ2n) is 5.34. The number of carbonyl (C=O) groups is 1. The summed E-state index contributed by atoms with van der Waals surface area (Å²) in [5.41, 5.74) is 2.11. The van der Waals surface area contributed by atoms with Crippen LogP contribution in [-0.2, 0) is 6.54 Å². The molecule has 0 radical (unpaired) electrons. The third-order valence-electron chi connectivity index (χ3n) is 3.52. The van der Waals surface area contributed by atoms with Crippen LogP contribution >= 0.6 is 11.6 Å². The van der Waals surface area contributed by atoms with Crippen LogP contribution in [0.5, 0.6) is 0 Å². The fourth-order valence-electron chi connectivity index (χ4n) is 2.22. The summed E-state index contributed by atoms with van der Waals surface area (Å²) in [5.74, 6) is -0.965. The van der Waals surface area contributed by atoms with Crippen LogP contribution in [0, 0.1) is 5.82 Å². The average Bonchev–Trinajstić information content (AvgIpc) is 2.63. The van der Waals surface area contributed by atoms with Gasteiger partial charge in [-0.1, -0.05) is 35.9 Å². The SMILES string of the molecule is O=C(Nc1ccccc1F)c1cc(NCc2ccc(Cl)cc2)ccn1. The van der Waals surface area contributed by atoms with Gasteiger partial charge in [-0.15, -0.1) is 0 Å². The molecule has 2 aromatic carbocycles. The zero-order valence-corrected chi connectivity index (χ0v) is 13.9. The summed E-state index contributed by atoms with van der Waals surface area (Å²) in [5, 5.41) is 6.41. The summed E-state index contributed by atoms with van der Waals surface area (Å²) in [6, 6.07) is 16.8.